The molecule has 0 spiro atoms. The summed E-state index contributed by atoms with van der Waals surface area (Å²) in [4.78, 5) is 4.61. The number of hydrogen-bond donors (Lipinski definition) is 1. The molecular formula is C5H5N5OS. The lowest BCUT2D eigenvalue weighted by molar-refractivity contribution is 0.433. The molecule has 6 nitrogen and oxygen atoms in total. The van der Waals surface area contributed by atoms with Crippen LogP contribution in [0.25, 0.3) is 10.8 Å². The molecule has 7 heteroatoms. The minimum atomic E-state index is 0.123. The van der Waals surface area contributed by atoms with Crippen molar-refractivity contribution in [3.8, 4) is 10.8 Å². The Balaban J connectivity index is 2.50. The molecule has 2 heterocycles. The molecule has 0 atom stereocenters. The third-order valence-corrected chi connectivity index (χ3v) is 2.10. The second kappa shape index (κ2) is 2.52. The molecule has 0 saturated carbocycles. The van der Waals surface area contributed by atoms with Crippen LogP contribution < -0.4 is 5.73 Å². The first-order chi connectivity index (χ1) is 5.77. The first kappa shape index (κ1) is 7.17. The van der Waals surface area contributed by atoms with Crippen LogP contribution in [0.2, 0.25) is 0 Å². The van der Waals surface area contributed by atoms with Gasteiger partial charge in [0.1, 0.15) is 4.88 Å². The van der Waals surface area contributed by atoms with Gasteiger partial charge in [-0.2, -0.15) is 4.98 Å². The van der Waals surface area contributed by atoms with Crippen LogP contribution in [0.3, 0.4) is 0 Å². The van der Waals surface area contributed by atoms with E-state index < -0.39 is 0 Å². The molecule has 0 aliphatic rings. The van der Waals surface area contributed by atoms with Crippen LogP contribution in [0.4, 0.5) is 5.95 Å². The van der Waals surface area contributed by atoms with Crippen LogP contribution in [0.1, 0.15) is 5.69 Å². The van der Waals surface area contributed by atoms with Gasteiger partial charge in [-0.3, -0.25) is 0 Å². The molecule has 2 aromatic rings. The van der Waals surface area contributed by atoms with Crippen LogP contribution in [0, 0.1) is 6.92 Å². The normalized spacial score (nSPS) is 10.4. The molecule has 0 amide bonds. The number of nitrogen functional groups attached to an aromatic ring is 1. The summed E-state index contributed by atoms with van der Waals surface area (Å²) in [5.41, 5.74) is 6.05. The van der Waals surface area contributed by atoms with Gasteiger partial charge in [-0.25, -0.2) is 0 Å². The van der Waals surface area contributed by atoms with E-state index in [1.54, 1.807) is 0 Å². The number of anilines is 1. The first-order valence-corrected chi connectivity index (χ1v) is 3.93. The quantitative estimate of drug-likeness (QED) is 0.691. The highest BCUT2D eigenvalue weighted by Crippen LogP contribution is 2.23. The molecule has 0 saturated heterocycles. The van der Waals surface area contributed by atoms with Gasteiger partial charge in [0.25, 0.3) is 11.8 Å². The molecule has 0 bridgehead atoms. The topological polar surface area (TPSA) is 90.7 Å². The Kier molecular flexibility index (Phi) is 1.51. The fourth-order valence-electron chi connectivity index (χ4n) is 0.755. The third kappa shape index (κ3) is 1.03. The Morgan fingerprint density at radius 3 is 2.83 bits per heavy atom. The van der Waals surface area contributed by atoms with Crippen molar-refractivity contribution in [1.29, 1.82) is 0 Å². The summed E-state index contributed by atoms with van der Waals surface area (Å²) in [6, 6.07) is 0. The Morgan fingerprint density at radius 1 is 1.50 bits per heavy atom. The Labute approximate surface area is 71.6 Å². The number of nitrogens with two attached hydrogens (primary N) is 1. The summed E-state index contributed by atoms with van der Waals surface area (Å²) in [5, 5.41) is 7.26. The van der Waals surface area contributed by atoms with Crippen molar-refractivity contribution < 1.29 is 4.52 Å². The van der Waals surface area contributed by atoms with Gasteiger partial charge in [0, 0.05) is 0 Å². The van der Waals surface area contributed by atoms with Crippen LogP contribution in [0.5, 0.6) is 0 Å². The highest BCUT2D eigenvalue weighted by molar-refractivity contribution is 7.09. The van der Waals surface area contributed by atoms with E-state index in [2.05, 4.69) is 19.7 Å². The predicted octanol–water partition coefficient (Wildman–Crippen LogP) is 0.479. The minimum Gasteiger partial charge on any atom is -0.365 e. The largest absolute Gasteiger partial charge is 0.365 e. The molecule has 0 radical (unpaired) electrons. The van der Waals surface area contributed by atoms with E-state index in [4.69, 9.17) is 10.3 Å². The molecule has 12 heavy (non-hydrogen) atoms. The van der Waals surface area contributed by atoms with Crippen LogP contribution >= 0.6 is 11.5 Å². The first-order valence-electron chi connectivity index (χ1n) is 3.16. The highest BCUT2D eigenvalue weighted by Gasteiger charge is 2.12. The van der Waals surface area contributed by atoms with Gasteiger partial charge in [-0.05, 0) is 23.6 Å². The van der Waals surface area contributed by atoms with E-state index >= 15 is 0 Å². The molecule has 0 aromatic carbocycles. The van der Waals surface area contributed by atoms with Gasteiger partial charge in [0.2, 0.25) is 0 Å². The van der Waals surface area contributed by atoms with Crippen molar-refractivity contribution in [3.63, 3.8) is 0 Å². The molecular weight excluding hydrogens is 178 g/mol. The second-order valence-electron chi connectivity index (χ2n) is 2.15. The SMILES string of the molecule is Cc1nnsc1-c1nc(N)no1. The van der Waals surface area contributed by atoms with Gasteiger partial charge in [-0.15, -0.1) is 5.10 Å². The average molecular weight is 183 g/mol. The lowest BCUT2D eigenvalue weighted by Crippen LogP contribution is -1.85. The van der Waals surface area contributed by atoms with Crippen molar-refractivity contribution in [3.05, 3.63) is 5.69 Å². The molecule has 2 aromatic heterocycles. The summed E-state index contributed by atoms with van der Waals surface area (Å²) in [6.07, 6.45) is 0. The Hall–Kier alpha value is -1.50. The summed E-state index contributed by atoms with van der Waals surface area (Å²) in [6.45, 7) is 1.82. The van der Waals surface area contributed by atoms with Crippen LogP contribution in [0.15, 0.2) is 4.52 Å². The van der Waals surface area contributed by atoms with E-state index in [1.807, 2.05) is 6.92 Å². The summed E-state index contributed by atoms with van der Waals surface area (Å²) in [5.74, 6) is 0.498. The van der Waals surface area contributed by atoms with Gasteiger partial charge < -0.3 is 10.3 Å². The van der Waals surface area contributed by atoms with E-state index in [0.29, 0.717) is 5.89 Å². The second-order valence-corrected chi connectivity index (χ2v) is 2.90. The molecule has 62 valence electrons. The van der Waals surface area contributed by atoms with Crippen molar-refractivity contribution in [2.45, 2.75) is 6.92 Å². The number of nitrogens with zero attached hydrogens (tertiary/aromatic N) is 4. The fourth-order valence-corrected chi connectivity index (χ4v) is 1.33. The summed E-state index contributed by atoms with van der Waals surface area (Å²) in [7, 11) is 0. The van der Waals surface area contributed by atoms with E-state index in [0.717, 1.165) is 10.6 Å². The zero-order valence-electron chi connectivity index (χ0n) is 6.18. The molecule has 2 rings (SSSR count). The van der Waals surface area contributed by atoms with Gasteiger partial charge in [-0.1, -0.05) is 4.49 Å². The van der Waals surface area contributed by atoms with Crippen molar-refractivity contribution in [2.75, 3.05) is 5.73 Å². The molecule has 0 aliphatic heterocycles. The van der Waals surface area contributed by atoms with Crippen molar-refractivity contribution in [2.24, 2.45) is 0 Å². The fraction of sp³-hybridized carbons (Fsp3) is 0.200. The van der Waals surface area contributed by atoms with Gasteiger partial charge in [0.15, 0.2) is 0 Å². The summed E-state index contributed by atoms with van der Waals surface area (Å²) < 4.78 is 8.56. The lowest BCUT2D eigenvalue weighted by Gasteiger charge is -1.83. The van der Waals surface area contributed by atoms with E-state index in [9.17, 15) is 0 Å². The molecule has 0 aliphatic carbocycles. The Morgan fingerprint density at radius 2 is 2.33 bits per heavy atom. The molecule has 0 unspecified atom stereocenters. The monoisotopic (exact) mass is 183 g/mol. The van der Waals surface area contributed by atoms with E-state index in [1.165, 1.54) is 11.5 Å². The zero-order valence-corrected chi connectivity index (χ0v) is 7.00. The minimum absolute atomic E-state index is 0.123. The maximum Gasteiger partial charge on any atom is 0.273 e. The number of rotatable bonds is 1. The van der Waals surface area contributed by atoms with Gasteiger partial charge >= 0.3 is 0 Å². The zero-order chi connectivity index (χ0) is 8.55. The van der Waals surface area contributed by atoms with Crippen LogP contribution in [-0.4, -0.2) is 19.7 Å². The van der Waals surface area contributed by atoms with Crippen molar-refractivity contribution in [1.82, 2.24) is 19.7 Å². The molecule has 0 fully saturated rings. The molecule has 2 N–H and O–H groups in total. The summed E-state index contributed by atoms with van der Waals surface area (Å²) >= 11 is 1.20. The standard InChI is InChI=1S/C5H5N5OS/c1-2-3(12-10-8-2)4-7-5(6)9-11-4/h1H3,(H2,6,9). The predicted molar refractivity (Wildman–Crippen MR) is 42.4 cm³/mol. The number of aromatic nitrogens is 4. The Bertz CT molecular complexity index is 394. The number of aryl methyl sites for hydroxylation is 1. The maximum absolute atomic E-state index is 5.28. The maximum atomic E-state index is 5.28. The highest BCUT2D eigenvalue weighted by atomic mass is 32.1. The lowest BCUT2D eigenvalue weighted by atomic mass is 10.4. The number of hydrogen-bond acceptors (Lipinski definition) is 7. The third-order valence-electron chi connectivity index (χ3n) is 1.29. The van der Waals surface area contributed by atoms with Crippen LogP contribution in [-0.2, 0) is 0 Å². The smallest absolute Gasteiger partial charge is 0.273 e. The van der Waals surface area contributed by atoms with Gasteiger partial charge in [0.05, 0.1) is 5.69 Å². The van der Waals surface area contributed by atoms with Crippen molar-refractivity contribution >= 4 is 17.5 Å². The average Bonchev–Trinajstić information content (AvgIpc) is 2.58. The van der Waals surface area contributed by atoms with E-state index in [-0.39, 0.29) is 5.95 Å².